The molecule has 0 spiro atoms. The molecule has 2 aromatic carbocycles. The fourth-order valence-corrected chi connectivity index (χ4v) is 2.55. The van der Waals surface area contributed by atoms with Gasteiger partial charge in [-0.2, -0.15) is 0 Å². The summed E-state index contributed by atoms with van der Waals surface area (Å²) in [6, 6.07) is 8.94. The molecule has 0 aliphatic carbocycles. The van der Waals surface area contributed by atoms with Gasteiger partial charge in [0, 0.05) is 22.6 Å². The number of ether oxygens (including phenoxy) is 1. The number of halogens is 3. The maximum Gasteiger partial charge on any atom is 0.131 e. The summed E-state index contributed by atoms with van der Waals surface area (Å²) in [5.74, 6) is -0.132. The number of methoxy groups -OCH3 is 1. The van der Waals surface area contributed by atoms with Gasteiger partial charge in [-0.25, -0.2) is 8.78 Å². The largest absolute Gasteiger partial charge is 0.496 e. The van der Waals surface area contributed by atoms with Crippen LogP contribution in [0.4, 0.5) is 8.78 Å². The average molecular weight is 356 g/mol. The molecule has 21 heavy (non-hydrogen) atoms. The highest BCUT2D eigenvalue weighted by Gasteiger charge is 2.16. The van der Waals surface area contributed by atoms with E-state index in [4.69, 9.17) is 4.74 Å². The Morgan fingerprint density at radius 2 is 2.00 bits per heavy atom. The van der Waals surface area contributed by atoms with E-state index in [9.17, 15) is 8.78 Å². The minimum absolute atomic E-state index is 0.267. The Morgan fingerprint density at radius 3 is 2.71 bits per heavy atom. The molecule has 2 rings (SSSR count). The van der Waals surface area contributed by atoms with Gasteiger partial charge in [-0.05, 0) is 42.8 Å². The second-order valence-corrected chi connectivity index (χ2v) is 5.55. The standard InChI is InChI=1S/C16H16BrF2NO/c1-10(16-14(19)4-3-5-15(16)21-2)20-9-11-8-12(18)6-7-13(11)17/h3-8,10,20H,9H2,1-2H3. The molecular weight excluding hydrogens is 340 g/mol. The highest BCUT2D eigenvalue weighted by Crippen LogP contribution is 2.28. The lowest BCUT2D eigenvalue weighted by molar-refractivity contribution is 0.393. The molecule has 5 heteroatoms. The van der Waals surface area contributed by atoms with E-state index < -0.39 is 0 Å². The van der Waals surface area contributed by atoms with E-state index in [1.807, 2.05) is 6.92 Å². The molecule has 0 aliphatic heterocycles. The van der Waals surface area contributed by atoms with Gasteiger partial charge >= 0.3 is 0 Å². The first-order chi connectivity index (χ1) is 10.0. The topological polar surface area (TPSA) is 21.3 Å². The van der Waals surface area contributed by atoms with Crippen LogP contribution >= 0.6 is 15.9 Å². The predicted molar refractivity (Wildman–Crippen MR) is 82.3 cm³/mol. The van der Waals surface area contributed by atoms with Gasteiger partial charge in [-0.1, -0.05) is 22.0 Å². The zero-order valence-electron chi connectivity index (χ0n) is 11.8. The van der Waals surface area contributed by atoms with E-state index >= 15 is 0 Å². The number of rotatable bonds is 5. The summed E-state index contributed by atoms with van der Waals surface area (Å²) in [4.78, 5) is 0. The lowest BCUT2D eigenvalue weighted by Crippen LogP contribution is -2.20. The van der Waals surface area contributed by atoms with Crippen molar-refractivity contribution in [1.29, 1.82) is 0 Å². The molecular formula is C16H16BrF2NO. The predicted octanol–water partition coefficient (Wildman–Crippen LogP) is 4.59. The first-order valence-electron chi connectivity index (χ1n) is 6.52. The average Bonchev–Trinajstić information content (AvgIpc) is 2.47. The van der Waals surface area contributed by atoms with Crippen LogP contribution in [0.25, 0.3) is 0 Å². The third-order valence-electron chi connectivity index (χ3n) is 3.27. The molecule has 0 aliphatic rings. The fraction of sp³-hybridized carbons (Fsp3) is 0.250. The molecule has 2 aromatic rings. The second-order valence-electron chi connectivity index (χ2n) is 4.69. The molecule has 0 saturated heterocycles. The van der Waals surface area contributed by atoms with Crippen molar-refractivity contribution in [3.8, 4) is 5.75 Å². The number of nitrogens with one attached hydrogen (secondary N) is 1. The Bertz CT molecular complexity index is 634. The SMILES string of the molecule is COc1cccc(F)c1C(C)NCc1cc(F)ccc1Br. The van der Waals surface area contributed by atoms with Gasteiger partial charge in [0.25, 0.3) is 0 Å². The molecule has 0 aromatic heterocycles. The summed E-state index contributed by atoms with van der Waals surface area (Å²) in [5, 5.41) is 3.18. The third-order valence-corrected chi connectivity index (χ3v) is 4.05. The van der Waals surface area contributed by atoms with E-state index in [0.29, 0.717) is 17.9 Å². The lowest BCUT2D eigenvalue weighted by Gasteiger charge is -2.18. The number of hydrogen-bond acceptors (Lipinski definition) is 2. The third kappa shape index (κ3) is 3.80. The van der Waals surface area contributed by atoms with Crippen LogP contribution in [0.1, 0.15) is 24.1 Å². The lowest BCUT2D eigenvalue weighted by atomic mass is 10.1. The number of benzene rings is 2. The van der Waals surface area contributed by atoms with Gasteiger partial charge in [0.05, 0.1) is 7.11 Å². The highest BCUT2D eigenvalue weighted by molar-refractivity contribution is 9.10. The smallest absolute Gasteiger partial charge is 0.131 e. The van der Waals surface area contributed by atoms with E-state index in [0.717, 1.165) is 10.0 Å². The molecule has 112 valence electrons. The second kappa shape index (κ2) is 7.00. The Kier molecular flexibility index (Phi) is 5.31. The minimum Gasteiger partial charge on any atom is -0.496 e. The molecule has 0 bridgehead atoms. The van der Waals surface area contributed by atoms with Crippen molar-refractivity contribution in [2.45, 2.75) is 19.5 Å². The van der Waals surface area contributed by atoms with Gasteiger partial charge in [0.1, 0.15) is 17.4 Å². The zero-order chi connectivity index (χ0) is 15.4. The zero-order valence-corrected chi connectivity index (χ0v) is 13.4. The Balaban J connectivity index is 2.15. The molecule has 0 heterocycles. The van der Waals surface area contributed by atoms with E-state index in [-0.39, 0.29) is 17.7 Å². The van der Waals surface area contributed by atoms with Gasteiger partial charge in [0.15, 0.2) is 0 Å². The molecule has 0 radical (unpaired) electrons. The fourth-order valence-electron chi connectivity index (χ4n) is 2.16. The maximum atomic E-state index is 14.0. The van der Waals surface area contributed by atoms with Crippen molar-refractivity contribution in [3.63, 3.8) is 0 Å². The normalized spacial score (nSPS) is 12.2. The van der Waals surface area contributed by atoms with Crippen LogP contribution in [0, 0.1) is 11.6 Å². The number of hydrogen-bond donors (Lipinski definition) is 1. The van der Waals surface area contributed by atoms with Crippen molar-refractivity contribution < 1.29 is 13.5 Å². The van der Waals surface area contributed by atoms with E-state index in [2.05, 4.69) is 21.2 Å². The quantitative estimate of drug-likeness (QED) is 0.846. The first-order valence-corrected chi connectivity index (χ1v) is 7.32. The van der Waals surface area contributed by atoms with Gasteiger partial charge in [0.2, 0.25) is 0 Å². The van der Waals surface area contributed by atoms with Crippen LogP contribution < -0.4 is 10.1 Å². The maximum absolute atomic E-state index is 14.0. The van der Waals surface area contributed by atoms with Gasteiger partial charge in [-0.3, -0.25) is 0 Å². The van der Waals surface area contributed by atoms with Crippen molar-refractivity contribution in [2.24, 2.45) is 0 Å². The van der Waals surface area contributed by atoms with Crippen LogP contribution in [0.2, 0.25) is 0 Å². The minimum atomic E-state index is -0.326. The monoisotopic (exact) mass is 355 g/mol. The summed E-state index contributed by atoms with van der Waals surface area (Å²) in [5.41, 5.74) is 1.24. The van der Waals surface area contributed by atoms with Crippen LogP contribution in [-0.4, -0.2) is 7.11 Å². The molecule has 2 nitrogen and oxygen atoms in total. The molecule has 1 N–H and O–H groups in total. The molecule has 1 unspecified atom stereocenters. The summed E-state index contributed by atoms with van der Waals surface area (Å²) in [6.07, 6.45) is 0. The van der Waals surface area contributed by atoms with Gasteiger partial charge in [-0.15, -0.1) is 0 Å². The van der Waals surface area contributed by atoms with Crippen molar-refractivity contribution >= 4 is 15.9 Å². The summed E-state index contributed by atoms with van der Waals surface area (Å²) in [7, 11) is 1.51. The highest BCUT2D eigenvalue weighted by atomic mass is 79.9. The van der Waals surface area contributed by atoms with Gasteiger partial charge < -0.3 is 10.1 Å². The Labute approximate surface area is 131 Å². The van der Waals surface area contributed by atoms with Crippen LogP contribution in [0.15, 0.2) is 40.9 Å². The Morgan fingerprint density at radius 1 is 1.24 bits per heavy atom. The molecule has 0 fully saturated rings. The summed E-state index contributed by atoms with van der Waals surface area (Å²) < 4.78 is 33.2. The Hall–Kier alpha value is -1.46. The summed E-state index contributed by atoms with van der Waals surface area (Å²) in [6.45, 7) is 2.26. The first kappa shape index (κ1) is 15.9. The summed E-state index contributed by atoms with van der Waals surface area (Å²) >= 11 is 3.37. The van der Waals surface area contributed by atoms with E-state index in [1.165, 1.54) is 25.3 Å². The van der Waals surface area contributed by atoms with E-state index in [1.54, 1.807) is 18.2 Å². The molecule has 1 atom stereocenters. The molecule has 0 saturated carbocycles. The van der Waals surface area contributed by atoms with Crippen molar-refractivity contribution in [1.82, 2.24) is 5.32 Å². The molecule has 0 amide bonds. The van der Waals surface area contributed by atoms with Crippen molar-refractivity contribution in [3.05, 3.63) is 63.6 Å². The van der Waals surface area contributed by atoms with Crippen LogP contribution in [0.3, 0.4) is 0 Å². The van der Waals surface area contributed by atoms with Crippen LogP contribution in [-0.2, 0) is 6.54 Å². The van der Waals surface area contributed by atoms with Crippen molar-refractivity contribution in [2.75, 3.05) is 7.11 Å². The van der Waals surface area contributed by atoms with Crippen LogP contribution in [0.5, 0.6) is 5.75 Å².